The van der Waals surface area contributed by atoms with Crippen LogP contribution in [0.2, 0.25) is 0 Å². The van der Waals surface area contributed by atoms with Crippen LogP contribution in [0.25, 0.3) is 0 Å². The molecule has 0 unspecified atom stereocenters. The number of nitrogens with zero attached hydrogens (tertiary/aromatic N) is 3. The molecule has 0 radical (unpaired) electrons. The summed E-state index contributed by atoms with van der Waals surface area (Å²) in [7, 11) is 1.99. The molecule has 3 rings (SSSR count). The molecule has 108 valence electrons. The molecule has 2 atom stereocenters. The van der Waals surface area contributed by atoms with Crippen molar-refractivity contribution in [2.24, 2.45) is 12.8 Å². The molecule has 2 N–H and O–H groups in total. The number of likely N-dealkylation sites (tertiary alicyclic amines) is 1. The van der Waals surface area contributed by atoms with Gasteiger partial charge in [0.1, 0.15) is 0 Å². The summed E-state index contributed by atoms with van der Waals surface area (Å²) < 4.78 is 1.93. The Hall–Kier alpha value is -1.36. The van der Waals surface area contributed by atoms with Crippen LogP contribution in [0.3, 0.4) is 0 Å². The Bertz CT molecular complexity index is 540. The fourth-order valence-corrected chi connectivity index (χ4v) is 2.88. The fourth-order valence-electron chi connectivity index (χ4n) is 2.88. The second-order valence-corrected chi connectivity index (χ2v) is 5.32. The van der Waals surface area contributed by atoms with Crippen molar-refractivity contribution in [2.75, 3.05) is 13.1 Å². The Kier molecular flexibility index (Phi) is 4.81. The SMILES string of the molecule is Cl.Cn1nccc1CN1C[C@@H](N)[C@H](c2ccccc2)C1. The third-order valence-electron chi connectivity index (χ3n) is 3.98. The summed E-state index contributed by atoms with van der Waals surface area (Å²) in [6.45, 7) is 2.90. The predicted octanol–water partition coefficient (Wildman–Crippen LogP) is 1.77. The highest BCUT2D eigenvalue weighted by atomic mass is 35.5. The smallest absolute Gasteiger partial charge is 0.0521 e. The van der Waals surface area contributed by atoms with Gasteiger partial charge in [0, 0.05) is 44.8 Å². The van der Waals surface area contributed by atoms with Gasteiger partial charge in [-0.25, -0.2) is 0 Å². The summed E-state index contributed by atoms with van der Waals surface area (Å²) in [4.78, 5) is 2.42. The maximum atomic E-state index is 6.30. The van der Waals surface area contributed by atoms with E-state index < -0.39 is 0 Å². The zero-order valence-corrected chi connectivity index (χ0v) is 12.5. The minimum absolute atomic E-state index is 0. The molecule has 1 saturated heterocycles. The third kappa shape index (κ3) is 3.03. The molecule has 0 aliphatic carbocycles. The number of benzene rings is 1. The first-order valence-electron chi connectivity index (χ1n) is 6.74. The summed E-state index contributed by atoms with van der Waals surface area (Å²) in [6.07, 6.45) is 1.85. The Morgan fingerprint density at radius 1 is 1.20 bits per heavy atom. The first-order chi connectivity index (χ1) is 9.24. The summed E-state index contributed by atoms with van der Waals surface area (Å²) in [6, 6.07) is 12.9. The normalized spacial score (nSPS) is 22.7. The predicted molar refractivity (Wildman–Crippen MR) is 82.9 cm³/mol. The highest BCUT2D eigenvalue weighted by molar-refractivity contribution is 5.85. The van der Waals surface area contributed by atoms with Crippen molar-refractivity contribution >= 4 is 12.4 Å². The van der Waals surface area contributed by atoms with E-state index in [1.54, 1.807) is 0 Å². The second-order valence-electron chi connectivity index (χ2n) is 5.32. The van der Waals surface area contributed by atoms with Crippen LogP contribution in [0.1, 0.15) is 17.2 Å². The average Bonchev–Trinajstić information content (AvgIpc) is 2.98. The molecule has 4 nitrogen and oxygen atoms in total. The lowest BCUT2D eigenvalue weighted by Crippen LogP contribution is -2.28. The van der Waals surface area contributed by atoms with E-state index in [0.29, 0.717) is 5.92 Å². The van der Waals surface area contributed by atoms with Crippen LogP contribution in [-0.2, 0) is 13.6 Å². The van der Waals surface area contributed by atoms with Crippen molar-refractivity contribution in [3.8, 4) is 0 Å². The van der Waals surface area contributed by atoms with Crippen molar-refractivity contribution in [1.82, 2.24) is 14.7 Å². The van der Waals surface area contributed by atoms with Crippen LogP contribution in [0.15, 0.2) is 42.6 Å². The molecule has 2 aromatic rings. The first kappa shape index (κ1) is 15.0. The fraction of sp³-hybridized carbons (Fsp3) is 0.400. The monoisotopic (exact) mass is 292 g/mol. The number of aromatic nitrogens is 2. The molecule has 20 heavy (non-hydrogen) atoms. The van der Waals surface area contributed by atoms with E-state index in [9.17, 15) is 0 Å². The van der Waals surface area contributed by atoms with Gasteiger partial charge in [0.2, 0.25) is 0 Å². The van der Waals surface area contributed by atoms with Gasteiger partial charge in [0.15, 0.2) is 0 Å². The van der Waals surface area contributed by atoms with Crippen molar-refractivity contribution in [2.45, 2.75) is 18.5 Å². The van der Waals surface area contributed by atoms with E-state index in [4.69, 9.17) is 5.73 Å². The van der Waals surface area contributed by atoms with Crippen LogP contribution >= 0.6 is 12.4 Å². The van der Waals surface area contributed by atoms with Crippen LogP contribution in [0.5, 0.6) is 0 Å². The first-order valence-corrected chi connectivity index (χ1v) is 6.74. The minimum atomic E-state index is 0. The summed E-state index contributed by atoms with van der Waals surface area (Å²) in [5.74, 6) is 0.439. The van der Waals surface area contributed by atoms with Gasteiger partial charge in [-0.05, 0) is 11.6 Å². The van der Waals surface area contributed by atoms with Gasteiger partial charge >= 0.3 is 0 Å². The molecule has 1 aliphatic rings. The average molecular weight is 293 g/mol. The molecule has 1 aromatic carbocycles. The number of hydrogen-bond donors (Lipinski definition) is 1. The maximum Gasteiger partial charge on any atom is 0.0521 e. The Morgan fingerprint density at radius 2 is 1.95 bits per heavy atom. The molecule has 1 aliphatic heterocycles. The van der Waals surface area contributed by atoms with Crippen LogP contribution in [0.4, 0.5) is 0 Å². The summed E-state index contributed by atoms with van der Waals surface area (Å²) in [5.41, 5.74) is 8.89. The van der Waals surface area contributed by atoms with Gasteiger partial charge < -0.3 is 5.73 Å². The molecule has 2 heterocycles. The van der Waals surface area contributed by atoms with E-state index in [1.165, 1.54) is 11.3 Å². The largest absolute Gasteiger partial charge is 0.326 e. The Morgan fingerprint density at radius 3 is 2.60 bits per heavy atom. The molecule has 0 amide bonds. The summed E-state index contributed by atoms with van der Waals surface area (Å²) in [5, 5.41) is 4.21. The van der Waals surface area contributed by atoms with Crippen LogP contribution in [0, 0.1) is 0 Å². The van der Waals surface area contributed by atoms with Crippen molar-refractivity contribution in [1.29, 1.82) is 0 Å². The van der Waals surface area contributed by atoms with Gasteiger partial charge in [0.25, 0.3) is 0 Å². The highest BCUT2D eigenvalue weighted by Gasteiger charge is 2.31. The van der Waals surface area contributed by atoms with Crippen molar-refractivity contribution in [3.05, 3.63) is 53.9 Å². The standard InChI is InChI=1S/C15H20N4.ClH/c1-18-13(7-8-17-18)9-19-10-14(15(16)11-19)12-5-3-2-4-6-12;/h2-8,14-15H,9-11,16H2,1H3;1H/t14-,15+;/m0./s1. The number of rotatable bonds is 3. The van der Waals surface area contributed by atoms with Crippen LogP contribution < -0.4 is 5.73 Å². The topological polar surface area (TPSA) is 47.1 Å². The lowest BCUT2D eigenvalue weighted by atomic mass is 9.95. The second kappa shape index (κ2) is 6.39. The van der Waals surface area contributed by atoms with E-state index in [-0.39, 0.29) is 18.4 Å². The molecular formula is C15H21ClN4. The molecule has 0 saturated carbocycles. The highest BCUT2D eigenvalue weighted by Crippen LogP contribution is 2.27. The Labute approximate surface area is 126 Å². The maximum absolute atomic E-state index is 6.30. The lowest BCUT2D eigenvalue weighted by Gasteiger charge is -2.16. The molecule has 0 spiro atoms. The molecule has 0 bridgehead atoms. The number of nitrogens with two attached hydrogens (primary N) is 1. The van der Waals surface area contributed by atoms with E-state index in [0.717, 1.165) is 19.6 Å². The van der Waals surface area contributed by atoms with Gasteiger partial charge in [-0.1, -0.05) is 30.3 Å². The molecule has 5 heteroatoms. The Balaban J connectivity index is 0.00000147. The number of hydrogen-bond acceptors (Lipinski definition) is 3. The number of halogens is 1. The summed E-state index contributed by atoms with van der Waals surface area (Å²) >= 11 is 0. The van der Waals surface area contributed by atoms with Crippen molar-refractivity contribution < 1.29 is 0 Å². The van der Waals surface area contributed by atoms with Crippen molar-refractivity contribution in [3.63, 3.8) is 0 Å². The van der Waals surface area contributed by atoms with Crippen LogP contribution in [-0.4, -0.2) is 33.8 Å². The number of aryl methyl sites for hydroxylation is 1. The molecule has 1 aromatic heterocycles. The van der Waals surface area contributed by atoms with Gasteiger partial charge in [0.05, 0.1) is 5.69 Å². The molecule has 1 fully saturated rings. The van der Waals surface area contributed by atoms with E-state index in [2.05, 4.69) is 46.4 Å². The van der Waals surface area contributed by atoms with Gasteiger partial charge in [-0.2, -0.15) is 5.10 Å². The van der Waals surface area contributed by atoms with E-state index >= 15 is 0 Å². The zero-order chi connectivity index (χ0) is 13.2. The quantitative estimate of drug-likeness (QED) is 0.938. The zero-order valence-electron chi connectivity index (χ0n) is 11.6. The van der Waals surface area contributed by atoms with E-state index in [1.807, 2.05) is 17.9 Å². The third-order valence-corrected chi connectivity index (χ3v) is 3.98. The minimum Gasteiger partial charge on any atom is -0.326 e. The van der Waals surface area contributed by atoms with Gasteiger partial charge in [-0.15, -0.1) is 12.4 Å². The molecular weight excluding hydrogens is 272 g/mol. The van der Waals surface area contributed by atoms with Gasteiger partial charge in [-0.3, -0.25) is 9.58 Å². The lowest BCUT2D eigenvalue weighted by molar-refractivity contribution is 0.314.